The van der Waals surface area contributed by atoms with Crippen molar-refractivity contribution in [1.82, 2.24) is 20.2 Å². The van der Waals surface area contributed by atoms with Crippen LogP contribution in [0, 0.1) is 5.82 Å². The molecule has 3 rings (SSSR count). The number of likely N-dealkylation sites (tertiary alicyclic amines) is 1. The molecule has 0 saturated carbocycles. The summed E-state index contributed by atoms with van der Waals surface area (Å²) in [4.78, 5) is 11.1. The Bertz CT molecular complexity index is 680. The molecular formula is C20H27FN4O. The average molecular weight is 358 g/mol. The van der Waals surface area contributed by atoms with Gasteiger partial charge in [-0.15, -0.1) is 0 Å². The highest BCUT2D eigenvalue weighted by Gasteiger charge is 2.20. The Morgan fingerprint density at radius 2 is 2.08 bits per heavy atom. The molecule has 26 heavy (non-hydrogen) atoms. The normalized spacial score (nSPS) is 18.2. The molecule has 1 aromatic carbocycles. The van der Waals surface area contributed by atoms with Gasteiger partial charge in [-0.1, -0.05) is 18.2 Å². The van der Waals surface area contributed by atoms with Crippen molar-refractivity contribution in [2.45, 2.75) is 38.4 Å². The monoisotopic (exact) mass is 358 g/mol. The molecule has 0 unspecified atom stereocenters. The maximum atomic E-state index is 13.9. The number of benzene rings is 1. The van der Waals surface area contributed by atoms with E-state index in [4.69, 9.17) is 4.74 Å². The van der Waals surface area contributed by atoms with E-state index >= 15 is 0 Å². The van der Waals surface area contributed by atoms with Crippen LogP contribution in [0.3, 0.4) is 0 Å². The highest BCUT2D eigenvalue weighted by atomic mass is 19.1. The molecule has 6 heteroatoms. The fourth-order valence-corrected chi connectivity index (χ4v) is 3.29. The molecule has 0 spiro atoms. The molecule has 2 heterocycles. The zero-order valence-corrected chi connectivity index (χ0v) is 15.3. The molecular weight excluding hydrogens is 331 g/mol. The number of nitrogens with one attached hydrogen (secondary N) is 1. The largest absolute Gasteiger partial charge is 0.384 e. The Morgan fingerprint density at radius 1 is 1.27 bits per heavy atom. The van der Waals surface area contributed by atoms with Gasteiger partial charge in [-0.2, -0.15) is 0 Å². The lowest BCUT2D eigenvalue weighted by molar-refractivity contribution is 0.181. The molecule has 1 atom stereocenters. The Balaban J connectivity index is 1.47. The standard InChI is InChI=1S/C20H27FN4O/c1-26-10-8-20-23-12-16(13-24-20)11-22-18-6-4-9-25(15-18)14-17-5-2-3-7-19(17)21/h2-3,5,7,12-13,18,22H,4,6,8-11,14-15H2,1H3/t18-/m1/s1. The molecule has 0 radical (unpaired) electrons. The summed E-state index contributed by atoms with van der Waals surface area (Å²) in [5, 5.41) is 3.59. The summed E-state index contributed by atoms with van der Waals surface area (Å²) in [6.07, 6.45) is 6.76. The van der Waals surface area contributed by atoms with Crippen LogP contribution in [0.1, 0.15) is 29.8 Å². The van der Waals surface area contributed by atoms with E-state index in [-0.39, 0.29) is 5.82 Å². The summed E-state index contributed by atoms with van der Waals surface area (Å²) in [5.74, 6) is 0.692. The number of piperidine rings is 1. The van der Waals surface area contributed by atoms with E-state index in [1.807, 2.05) is 24.5 Å². The fourth-order valence-electron chi connectivity index (χ4n) is 3.29. The van der Waals surface area contributed by atoms with Gasteiger partial charge in [0.2, 0.25) is 0 Å². The zero-order chi connectivity index (χ0) is 18.2. The third-order valence-corrected chi connectivity index (χ3v) is 4.74. The van der Waals surface area contributed by atoms with E-state index in [1.54, 1.807) is 13.2 Å². The molecule has 1 saturated heterocycles. The summed E-state index contributed by atoms with van der Waals surface area (Å²) in [5.41, 5.74) is 1.85. The van der Waals surface area contributed by atoms with Crippen LogP contribution in [-0.2, 0) is 24.2 Å². The average Bonchev–Trinajstić information content (AvgIpc) is 2.68. The van der Waals surface area contributed by atoms with Crippen molar-refractivity contribution in [3.63, 3.8) is 0 Å². The number of halogens is 1. The van der Waals surface area contributed by atoms with Crippen molar-refractivity contribution in [3.05, 3.63) is 59.4 Å². The van der Waals surface area contributed by atoms with Crippen molar-refractivity contribution in [2.24, 2.45) is 0 Å². The van der Waals surface area contributed by atoms with Gasteiger partial charge in [0.15, 0.2) is 0 Å². The van der Waals surface area contributed by atoms with Crippen LogP contribution >= 0.6 is 0 Å². The first kappa shape index (κ1) is 18.9. The van der Waals surface area contributed by atoms with Gasteiger partial charge in [0, 0.05) is 62.7 Å². The molecule has 1 aliphatic rings. The van der Waals surface area contributed by atoms with Gasteiger partial charge >= 0.3 is 0 Å². The first-order chi connectivity index (χ1) is 12.7. The SMILES string of the molecule is COCCc1ncc(CN[C@@H]2CCCN(Cc3ccccc3F)C2)cn1. The molecule has 1 N–H and O–H groups in total. The molecule has 0 aliphatic carbocycles. The van der Waals surface area contributed by atoms with E-state index in [2.05, 4.69) is 20.2 Å². The highest BCUT2D eigenvalue weighted by Crippen LogP contribution is 2.16. The Morgan fingerprint density at radius 3 is 2.85 bits per heavy atom. The van der Waals surface area contributed by atoms with Gasteiger partial charge in [-0.05, 0) is 25.5 Å². The molecule has 2 aromatic rings. The first-order valence-corrected chi connectivity index (χ1v) is 9.22. The minimum atomic E-state index is -0.117. The maximum Gasteiger partial charge on any atom is 0.130 e. The van der Waals surface area contributed by atoms with Crippen LogP contribution in [-0.4, -0.2) is 47.7 Å². The number of ether oxygens (including phenoxy) is 1. The summed E-state index contributed by atoms with van der Waals surface area (Å²) in [6, 6.07) is 7.44. The number of aromatic nitrogens is 2. The summed E-state index contributed by atoms with van der Waals surface area (Å²) in [6.45, 7) is 4.01. The molecule has 1 fully saturated rings. The number of nitrogens with zero attached hydrogens (tertiary/aromatic N) is 3. The van der Waals surface area contributed by atoms with E-state index < -0.39 is 0 Å². The molecule has 5 nitrogen and oxygen atoms in total. The smallest absolute Gasteiger partial charge is 0.130 e. The third-order valence-electron chi connectivity index (χ3n) is 4.74. The molecule has 140 valence electrons. The van der Waals surface area contributed by atoms with Crippen LogP contribution < -0.4 is 5.32 Å². The van der Waals surface area contributed by atoms with Gasteiger partial charge in [0.1, 0.15) is 11.6 Å². The first-order valence-electron chi connectivity index (χ1n) is 9.22. The van der Waals surface area contributed by atoms with Gasteiger partial charge in [0.05, 0.1) is 6.61 Å². The maximum absolute atomic E-state index is 13.9. The molecule has 1 aliphatic heterocycles. The number of rotatable bonds is 8. The quantitative estimate of drug-likeness (QED) is 0.786. The van der Waals surface area contributed by atoms with Gasteiger partial charge in [-0.3, -0.25) is 4.90 Å². The Hall–Kier alpha value is -1.89. The lowest BCUT2D eigenvalue weighted by Crippen LogP contribution is -2.45. The lowest BCUT2D eigenvalue weighted by atomic mass is 10.0. The number of hydrogen-bond acceptors (Lipinski definition) is 5. The van der Waals surface area contributed by atoms with Crippen molar-refractivity contribution in [1.29, 1.82) is 0 Å². The van der Waals surface area contributed by atoms with Crippen LogP contribution in [0.5, 0.6) is 0 Å². The second-order valence-electron chi connectivity index (χ2n) is 6.80. The fraction of sp³-hybridized carbons (Fsp3) is 0.500. The number of hydrogen-bond donors (Lipinski definition) is 1. The van der Waals surface area contributed by atoms with Gasteiger partial charge < -0.3 is 10.1 Å². The third kappa shape index (κ3) is 5.56. The van der Waals surface area contributed by atoms with Gasteiger partial charge in [0.25, 0.3) is 0 Å². The van der Waals surface area contributed by atoms with Crippen molar-refractivity contribution in [2.75, 3.05) is 26.8 Å². The predicted octanol–water partition coefficient (Wildman–Crippen LogP) is 2.56. The number of methoxy groups -OCH3 is 1. The van der Waals surface area contributed by atoms with Crippen LogP contribution in [0.15, 0.2) is 36.7 Å². The Kier molecular flexibility index (Phi) is 7.05. The minimum absolute atomic E-state index is 0.117. The van der Waals surface area contributed by atoms with Crippen molar-refractivity contribution in [3.8, 4) is 0 Å². The van der Waals surface area contributed by atoms with E-state index in [9.17, 15) is 4.39 Å². The molecule has 0 amide bonds. The zero-order valence-electron chi connectivity index (χ0n) is 15.3. The summed E-state index contributed by atoms with van der Waals surface area (Å²) >= 11 is 0. The van der Waals surface area contributed by atoms with E-state index in [0.717, 1.165) is 55.8 Å². The minimum Gasteiger partial charge on any atom is -0.384 e. The topological polar surface area (TPSA) is 50.3 Å². The van der Waals surface area contributed by atoms with Crippen LogP contribution in [0.4, 0.5) is 4.39 Å². The predicted molar refractivity (Wildman–Crippen MR) is 99.2 cm³/mol. The highest BCUT2D eigenvalue weighted by molar-refractivity contribution is 5.17. The van der Waals surface area contributed by atoms with Crippen molar-refractivity contribution < 1.29 is 9.13 Å². The summed E-state index contributed by atoms with van der Waals surface area (Å²) < 4.78 is 18.9. The molecule has 0 bridgehead atoms. The van der Waals surface area contributed by atoms with Crippen LogP contribution in [0.25, 0.3) is 0 Å². The van der Waals surface area contributed by atoms with Crippen LogP contribution in [0.2, 0.25) is 0 Å². The summed E-state index contributed by atoms with van der Waals surface area (Å²) in [7, 11) is 1.68. The molecule has 1 aromatic heterocycles. The second-order valence-corrected chi connectivity index (χ2v) is 6.80. The lowest BCUT2D eigenvalue weighted by Gasteiger charge is -2.33. The van der Waals surface area contributed by atoms with Crippen molar-refractivity contribution >= 4 is 0 Å². The Labute approximate surface area is 154 Å². The second kappa shape index (κ2) is 9.71. The van der Waals surface area contributed by atoms with Gasteiger partial charge in [-0.25, -0.2) is 14.4 Å². The van der Waals surface area contributed by atoms with E-state index in [1.165, 1.54) is 6.07 Å². The van der Waals surface area contributed by atoms with E-state index in [0.29, 0.717) is 19.2 Å².